The Bertz CT molecular complexity index is 1180. The number of hydrogen-bond acceptors (Lipinski definition) is 4. The molecule has 166 valence electrons. The maximum atomic E-state index is 5.01. The average Bonchev–Trinajstić information content (AvgIpc) is 3.46. The molecule has 2 aromatic carbocycles. The number of aromatic nitrogens is 4. The maximum Gasteiger partial charge on any atom is 0.138 e. The van der Waals surface area contributed by atoms with Crippen LogP contribution in [0.3, 0.4) is 0 Å². The molecule has 1 fully saturated rings. The fourth-order valence-corrected chi connectivity index (χ4v) is 4.49. The van der Waals surface area contributed by atoms with Crippen LogP contribution in [0.25, 0.3) is 22.4 Å². The highest BCUT2D eigenvalue weighted by molar-refractivity contribution is 5.91. The number of imidazole rings is 2. The second-order valence-corrected chi connectivity index (χ2v) is 9.01. The summed E-state index contributed by atoms with van der Waals surface area (Å²) in [6.45, 7) is 11.6. The van der Waals surface area contributed by atoms with Crippen LogP contribution in [0.1, 0.15) is 43.8 Å². The van der Waals surface area contributed by atoms with Crippen LogP contribution in [-0.4, -0.2) is 51.0 Å². The Morgan fingerprint density at radius 2 is 1.75 bits per heavy atom. The minimum Gasteiger partial charge on any atom is -0.367 e. The SMILES string of the molecule is CCc1ncc(CN2CCN(c3cccc4[nH]c(-c5ccc(C(C)C)cc5)nc34)CC2)[nH]1. The van der Waals surface area contributed by atoms with Crippen molar-refractivity contribution in [2.45, 2.75) is 39.7 Å². The van der Waals surface area contributed by atoms with E-state index >= 15 is 0 Å². The molecule has 3 heterocycles. The van der Waals surface area contributed by atoms with Crippen LogP contribution in [0.4, 0.5) is 5.69 Å². The molecular weight excluding hydrogens is 396 g/mol. The Hall–Kier alpha value is -3.12. The first-order valence-electron chi connectivity index (χ1n) is 11.7. The summed E-state index contributed by atoms with van der Waals surface area (Å²) >= 11 is 0. The number of nitrogens with zero attached hydrogens (tertiary/aromatic N) is 4. The normalized spacial score (nSPS) is 15.2. The topological polar surface area (TPSA) is 63.8 Å². The lowest BCUT2D eigenvalue weighted by Crippen LogP contribution is -2.46. The molecule has 6 nitrogen and oxygen atoms in total. The van der Waals surface area contributed by atoms with Gasteiger partial charge in [-0.05, 0) is 23.6 Å². The molecule has 0 aliphatic carbocycles. The van der Waals surface area contributed by atoms with Crippen molar-refractivity contribution < 1.29 is 0 Å². The third-order valence-electron chi connectivity index (χ3n) is 6.47. The Balaban J connectivity index is 1.31. The van der Waals surface area contributed by atoms with Crippen LogP contribution in [0.5, 0.6) is 0 Å². The van der Waals surface area contributed by atoms with E-state index in [1.165, 1.54) is 16.9 Å². The van der Waals surface area contributed by atoms with Crippen molar-refractivity contribution in [2.24, 2.45) is 0 Å². The first kappa shape index (κ1) is 20.8. The zero-order valence-corrected chi connectivity index (χ0v) is 19.2. The van der Waals surface area contributed by atoms with Gasteiger partial charge in [0.1, 0.15) is 17.2 Å². The van der Waals surface area contributed by atoms with E-state index in [0.29, 0.717) is 5.92 Å². The van der Waals surface area contributed by atoms with Gasteiger partial charge in [-0.25, -0.2) is 9.97 Å². The van der Waals surface area contributed by atoms with Gasteiger partial charge in [0.15, 0.2) is 0 Å². The molecular formula is C26H32N6. The third kappa shape index (κ3) is 4.15. The predicted molar refractivity (Wildman–Crippen MR) is 131 cm³/mol. The lowest BCUT2D eigenvalue weighted by molar-refractivity contribution is 0.247. The fourth-order valence-electron chi connectivity index (χ4n) is 4.49. The molecule has 1 aliphatic rings. The van der Waals surface area contributed by atoms with Gasteiger partial charge in [0, 0.05) is 56.6 Å². The number of benzene rings is 2. The molecule has 5 rings (SSSR count). The number of anilines is 1. The Morgan fingerprint density at radius 1 is 0.969 bits per heavy atom. The van der Waals surface area contributed by atoms with Crippen molar-refractivity contribution in [1.82, 2.24) is 24.8 Å². The van der Waals surface area contributed by atoms with Gasteiger partial charge in [-0.2, -0.15) is 0 Å². The maximum absolute atomic E-state index is 5.01. The van der Waals surface area contributed by atoms with E-state index in [1.807, 2.05) is 6.20 Å². The highest BCUT2D eigenvalue weighted by Crippen LogP contribution is 2.29. The van der Waals surface area contributed by atoms with E-state index in [0.717, 1.165) is 67.4 Å². The average molecular weight is 429 g/mol. The molecule has 0 unspecified atom stereocenters. The van der Waals surface area contributed by atoms with E-state index in [2.05, 4.69) is 88.0 Å². The smallest absolute Gasteiger partial charge is 0.138 e. The number of aromatic amines is 2. The van der Waals surface area contributed by atoms with E-state index in [1.54, 1.807) is 0 Å². The summed E-state index contributed by atoms with van der Waals surface area (Å²) < 4.78 is 0. The molecule has 2 aromatic heterocycles. The van der Waals surface area contributed by atoms with Crippen LogP contribution in [0, 0.1) is 0 Å². The summed E-state index contributed by atoms with van der Waals surface area (Å²) in [5, 5.41) is 0. The Morgan fingerprint density at radius 3 is 2.44 bits per heavy atom. The van der Waals surface area contributed by atoms with Crippen LogP contribution in [-0.2, 0) is 13.0 Å². The number of rotatable bonds is 6. The lowest BCUT2D eigenvalue weighted by Gasteiger charge is -2.35. The second-order valence-electron chi connectivity index (χ2n) is 9.01. The van der Waals surface area contributed by atoms with Gasteiger partial charge >= 0.3 is 0 Å². The predicted octanol–water partition coefficient (Wildman–Crippen LogP) is 4.96. The molecule has 6 heteroatoms. The summed E-state index contributed by atoms with van der Waals surface area (Å²) in [6, 6.07) is 15.2. The number of nitrogens with one attached hydrogen (secondary N) is 2. The van der Waals surface area contributed by atoms with E-state index < -0.39 is 0 Å². The standard InChI is InChI=1S/C26H32N6/c1-4-24-27-16-21(28-24)17-31-12-14-32(15-13-31)23-7-5-6-22-25(23)30-26(29-22)20-10-8-19(9-11-20)18(2)3/h5-11,16,18H,4,12-15,17H2,1-3H3,(H,27,28)(H,29,30). The molecule has 0 saturated carbocycles. The van der Waals surface area contributed by atoms with Crippen molar-refractivity contribution in [3.8, 4) is 11.4 Å². The summed E-state index contributed by atoms with van der Waals surface area (Å²) in [4.78, 5) is 21.4. The molecule has 1 aliphatic heterocycles. The van der Waals surface area contributed by atoms with Gasteiger partial charge in [-0.15, -0.1) is 0 Å². The molecule has 0 bridgehead atoms. The van der Waals surface area contributed by atoms with Gasteiger partial charge in [-0.3, -0.25) is 4.90 Å². The van der Waals surface area contributed by atoms with Crippen LogP contribution in [0.2, 0.25) is 0 Å². The third-order valence-corrected chi connectivity index (χ3v) is 6.47. The minimum absolute atomic E-state index is 0.534. The van der Waals surface area contributed by atoms with E-state index in [-0.39, 0.29) is 0 Å². The molecule has 2 N–H and O–H groups in total. The lowest BCUT2D eigenvalue weighted by atomic mass is 10.0. The number of aryl methyl sites for hydroxylation is 1. The van der Waals surface area contributed by atoms with Crippen molar-refractivity contribution in [3.05, 3.63) is 65.7 Å². The Labute approximate surface area is 189 Å². The van der Waals surface area contributed by atoms with Gasteiger partial charge in [0.25, 0.3) is 0 Å². The largest absolute Gasteiger partial charge is 0.367 e. The fraction of sp³-hybridized carbons (Fsp3) is 0.385. The van der Waals surface area contributed by atoms with E-state index in [9.17, 15) is 0 Å². The van der Waals surface area contributed by atoms with Crippen molar-refractivity contribution >= 4 is 16.7 Å². The molecule has 4 aromatic rings. The highest BCUT2D eigenvalue weighted by atomic mass is 15.3. The summed E-state index contributed by atoms with van der Waals surface area (Å²) in [5.74, 6) is 2.54. The summed E-state index contributed by atoms with van der Waals surface area (Å²) in [6.07, 6.45) is 2.93. The number of piperazine rings is 1. The van der Waals surface area contributed by atoms with Gasteiger partial charge in [0.05, 0.1) is 11.2 Å². The number of para-hydroxylation sites is 1. The molecule has 1 saturated heterocycles. The molecule has 0 radical (unpaired) electrons. The van der Waals surface area contributed by atoms with Crippen molar-refractivity contribution in [1.29, 1.82) is 0 Å². The summed E-state index contributed by atoms with van der Waals surface area (Å²) in [5.41, 5.74) is 7.07. The Kier molecular flexibility index (Phi) is 5.70. The molecule has 0 amide bonds. The van der Waals surface area contributed by atoms with Gasteiger partial charge < -0.3 is 14.9 Å². The number of H-pyrrole nitrogens is 2. The van der Waals surface area contributed by atoms with Gasteiger partial charge in [-0.1, -0.05) is 51.1 Å². The molecule has 32 heavy (non-hydrogen) atoms. The molecule has 0 atom stereocenters. The first-order chi connectivity index (χ1) is 15.6. The van der Waals surface area contributed by atoms with Crippen LogP contribution >= 0.6 is 0 Å². The number of fused-ring (bicyclic) bond motifs is 1. The first-order valence-corrected chi connectivity index (χ1v) is 11.7. The van der Waals surface area contributed by atoms with Crippen molar-refractivity contribution in [3.63, 3.8) is 0 Å². The zero-order valence-electron chi connectivity index (χ0n) is 19.2. The zero-order chi connectivity index (χ0) is 22.1. The highest BCUT2D eigenvalue weighted by Gasteiger charge is 2.21. The van der Waals surface area contributed by atoms with Crippen LogP contribution < -0.4 is 4.90 Å². The minimum atomic E-state index is 0.534. The van der Waals surface area contributed by atoms with Crippen LogP contribution in [0.15, 0.2) is 48.7 Å². The second kappa shape index (κ2) is 8.79. The monoisotopic (exact) mass is 428 g/mol. The number of hydrogen-bond donors (Lipinski definition) is 2. The van der Waals surface area contributed by atoms with E-state index in [4.69, 9.17) is 4.98 Å². The summed E-state index contributed by atoms with van der Waals surface area (Å²) in [7, 11) is 0. The van der Waals surface area contributed by atoms with Crippen molar-refractivity contribution in [2.75, 3.05) is 31.1 Å². The molecule has 0 spiro atoms. The van der Waals surface area contributed by atoms with Gasteiger partial charge in [0.2, 0.25) is 0 Å². The quantitative estimate of drug-likeness (QED) is 0.456.